The molecule has 1 amide bonds. The molecule has 0 aliphatic rings. The minimum absolute atomic E-state index is 0.0745. The zero-order valence-electron chi connectivity index (χ0n) is 14.6. The normalized spacial score (nSPS) is 12.3. The van der Waals surface area contributed by atoms with Crippen molar-refractivity contribution in [3.63, 3.8) is 0 Å². The number of ether oxygens (including phenoxy) is 1. The summed E-state index contributed by atoms with van der Waals surface area (Å²) >= 11 is 0. The zero-order chi connectivity index (χ0) is 17.8. The number of benzene rings is 1. The standard InChI is InChI=1S/C16H26N2O4S/c1-7-18(11-15(19)17-16(3,4)5)23(20,21)14-10-12(2)8-9-13(14)22-6/h8-10H,7,11H2,1-6H3,(H,17,19). The van der Waals surface area contributed by atoms with Crippen molar-refractivity contribution in [2.45, 2.75) is 45.1 Å². The first-order chi connectivity index (χ1) is 10.5. The van der Waals surface area contributed by atoms with E-state index in [1.165, 1.54) is 7.11 Å². The van der Waals surface area contributed by atoms with Gasteiger partial charge in [0, 0.05) is 12.1 Å². The number of nitrogens with zero attached hydrogens (tertiary/aromatic N) is 1. The highest BCUT2D eigenvalue weighted by Gasteiger charge is 2.29. The number of hydrogen-bond acceptors (Lipinski definition) is 4. The Morgan fingerprint density at radius 3 is 2.39 bits per heavy atom. The summed E-state index contributed by atoms with van der Waals surface area (Å²) < 4.78 is 32.0. The summed E-state index contributed by atoms with van der Waals surface area (Å²) in [5.74, 6) is -0.0696. The molecule has 1 rings (SSSR count). The number of nitrogens with one attached hydrogen (secondary N) is 1. The largest absolute Gasteiger partial charge is 0.495 e. The molecule has 0 unspecified atom stereocenters. The van der Waals surface area contributed by atoms with Crippen LogP contribution in [0, 0.1) is 6.92 Å². The number of rotatable bonds is 6. The maximum atomic E-state index is 12.9. The molecule has 0 saturated carbocycles. The van der Waals surface area contributed by atoms with E-state index in [0.29, 0.717) is 0 Å². The third-order valence-electron chi connectivity index (χ3n) is 3.12. The van der Waals surface area contributed by atoms with Crippen molar-refractivity contribution in [1.29, 1.82) is 0 Å². The van der Waals surface area contributed by atoms with Gasteiger partial charge in [-0.3, -0.25) is 4.79 Å². The van der Waals surface area contributed by atoms with Gasteiger partial charge in [0.2, 0.25) is 15.9 Å². The van der Waals surface area contributed by atoms with Gasteiger partial charge in [0.1, 0.15) is 10.6 Å². The summed E-state index contributed by atoms with van der Waals surface area (Å²) in [5.41, 5.74) is 0.390. The molecule has 6 nitrogen and oxygen atoms in total. The summed E-state index contributed by atoms with van der Waals surface area (Å²) in [6, 6.07) is 4.95. The lowest BCUT2D eigenvalue weighted by Crippen LogP contribution is -2.47. The second-order valence-electron chi connectivity index (χ2n) is 6.38. The Kier molecular flexibility index (Phi) is 6.18. The second-order valence-corrected chi connectivity index (χ2v) is 8.29. The fraction of sp³-hybridized carbons (Fsp3) is 0.562. The van der Waals surface area contributed by atoms with Gasteiger partial charge in [-0.2, -0.15) is 4.31 Å². The average Bonchev–Trinajstić information content (AvgIpc) is 2.42. The fourth-order valence-electron chi connectivity index (χ4n) is 2.11. The van der Waals surface area contributed by atoms with Gasteiger partial charge < -0.3 is 10.1 Å². The van der Waals surface area contributed by atoms with Gasteiger partial charge in [-0.15, -0.1) is 0 Å². The van der Waals surface area contributed by atoms with Crippen LogP contribution in [0.3, 0.4) is 0 Å². The first-order valence-electron chi connectivity index (χ1n) is 7.47. The van der Waals surface area contributed by atoms with Crippen LogP contribution in [0.1, 0.15) is 33.3 Å². The number of carbonyl (C=O) groups is 1. The third kappa shape index (κ3) is 5.21. The van der Waals surface area contributed by atoms with E-state index >= 15 is 0 Å². The van der Waals surface area contributed by atoms with E-state index in [4.69, 9.17) is 4.74 Å². The molecular formula is C16H26N2O4S. The smallest absolute Gasteiger partial charge is 0.247 e. The van der Waals surface area contributed by atoms with Crippen molar-refractivity contribution in [2.24, 2.45) is 0 Å². The van der Waals surface area contributed by atoms with Crippen LogP contribution in [-0.4, -0.2) is 44.4 Å². The van der Waals surface area contributed by atoms with E-state index in [1.807, 2.05) is 20.8 Å². The van der Waals surface area contributed by atoms with Crippen molar-refractivity contribution in [3.8, 4) is 5.75 Å². The van der Waals surface area contributed by atoms with Crippen molar-refractivity contribution in [1.82, 2.24) is 9.62 Å². The molecule has 0 fully saturated rings. The molecule has 1 N–H and O–H groups in total. The van der Waals surface area contributed by atoms with Gasteiger partial charge in [-0.25, -0.2) is 8.42 Å². The Balaban J connectivity index is 3.14. The fourth-order valence-corrected chi connectivity index (χ4v) is 3.76. The molecule has 0 aromatic heterocycles. The Morgan fingerprint density at radius 1 is 1.30 bits per heavy atom. The number of sulfonamides is 1. The average molecular weight is 342 g/mol. The predicted molar refractivity (Wildman–Crippen MR) is 90.1 cm³/mol. The molecule has 0 bridgehead atoms. The SMILES string of the molecule is CCN(CC(=O)NC(C)(C)C)S(=O)(=O)c1cc(C)ccc1OC. The molecule has 0 aliphatic carbocycles. The van der Waals surface area contributed by atoms with Crippen molar-refractivity contribution < 1.29 is 17.9 Å². The van der Waals surface area contributed by atoms with Crippen LogP contribution in [0.25, 0.3) is 0 Å². The lowest BCUT2D eigenvalue weighted by Gasteiger charge is -2.25. The van der Waals surface area contributed by atoms with Gasteiger partial charge in [0.05, 0.1) is 13.7 Å². The molecule has 0 spiro atoms. The number of hydrogen-bond donors (Lipinski definition) is 1. The Hall–Kier alpha value is -1.60. The molecule has 0 radical (unpaired) electrons. The van der Waals surface area contributed by atoms with Crippen LogP contribution in [0.15, 0.2) is 23.1 Å². The minimum atomic E-state index is -3.82. The van der Waals surface area contributed by atoms with Crippen LogP contribution in [0.4, 0.5) is 0 Å². The predicted octanol–water partition coefficient (Wildman–Crippen LogP) is 1.93. The lowest BCUT2D eigenvalue weighted by atomic mass is 10.1. The second kappa shape index (κ2) is 7.31. The van der Waals surface area contributed by atoms with Gasteiger partial charge in [0.25, 0.3) is 0 Å². The third-order valence-corrected chi connectivity index (χ3v) is 5.07. The molecule has 130 valence electrons. The van der Waals surface area contributed by atoms with Crippen LogP contribution in [0.5, 0.6) is 5.75 Å². The van der Waals surface area contributed by atoms with Crippen LogP contribution >= 0.6 is 0 Å². The van der Waals surface area contributed by atoms with Gasteiger partial charge in [-0.05, 0) is 45.4 Å². The number of carbonyl (C=O) groups excluding carboxylic acids is 1. The Morgan fingerprint density at radius 2 is 1.91 bits per heavy atom. The van der Waals surface area contributed by atoms with Gasteiger partial charge in [0.15, 0.2) is 0 Å². The summed E-state index contributed by atoms with van der Waals surface area (Å²) in [7, 11) is -2.40. The lowest BCUT2D eigenvalue weighted by molar-refractivity contribution is -0.122. The highest BCUT2D eigenvalue weighted by molar-refractivity contribution is 7.89. The molecule has 0 heterocycles. The highest BCUT2D eigenvalue weighted by atomic mass is 32.2. The molecule has 0 aliphatic heterocycles. The van der Waals surface area contributed by atoms with Gasteiger partial charge >= 0.3 is 0 Å². The summed E-state index contributed by atoms with van der Waals surface area (Å²) in [5, 5.41) is 2.77. The molecule has 0 atom stereocenters. The van der Waals surface area contributed by atoms with Gasteiger partial charge in [-0.1, -0.05) is 13.0 Å². The minimum Gasteiger partial charge on any atom is -0.495 e. The maximum absolute atomic E-state index is 12.9. The van der Waals surface area contributed by atoms with E-state index in [1.54, 1.807) is 32.0 Å². The van der Waals surface area contributed by atoms with Crippen LogP contribution < -0.4 is 10.1 Å². The number of aryl methyl sites for hydroxylation is 1. The maximum Gasteiger partial charge on any atom is 0.247 e. The van der Waals surface area contributed by atoms with Crippen LogP contribution in [-0.2, 0) is 14.8 Å². The first kappa shape index (κ1) is 19.4. The van der Waals surface area contributed by atoms with Crippen molar-refractivity contribution in [2.75, 3.05) is 20.2 Å². The summed E-state index contributed by atoms with van der Waals surface area (Å²) in [4.78, 5) is 12.2. The zero-order valence-corrected chi connectivity index (χ0v) is 15.5. The van der Waals surface area contributed by atoms with E-state index in [-0.39, 0.29) is 29.6 Å². The van der Waals surface area contributed by atoms with Crippen molar-refractivity contribution >= 4 is 15.9 Å². The topological polar surface area (TPSA) is 75.7 Å². The highest BCUT2D eigenvalue weighted by Crippen LogP contribution is 2.27. The molecule has 23 heavy (non-hydrogen) atoms. The van der Waals surface area contributed by atoms with Crippen molar-refractivity contribution in [3.05, 3.63) is 23.8 Å². The Bertz CT molecular complexity index is 663. The Labute approximate surface area is 138 Å². The summed E-state index contributed by atoms with van der Waals surface area (Å²) in [6.07, 6.45) is 0. The summed E-state index contributed by atoms with van der Waals surface area (Å²) in [6.45, 7) is 9.01. The van der Waals surface area contributed by atoms with Crippen LogP contribution in [0.2, 0.25) is 0 Å². The molecular weight excluding hydrogens is 316 g/mol. The van der Waals surface area contributed by atoms with E-state index < -0.39 is 15.6 Å². The number of methoxy groups -OCH3 is 1. The van der Waals surface area contributed by atoms with E-state index in [9.17, 15) is 13.2 Å². The quantitative estimate of drug-likeness (QED) is 0.857. The molecule has 1 aromatic carbocycles. The van der Waals surface area contributed by atoms with E-state index in [2.05, 4.69) is 5.32 Å². The first-order valence-corrected chi connectivity index (χ1v) is 8.91. The number of amides is 1. The molecule has 0 saturated heterocycles. The number of likely N-dealkylation sites (N-methyl/N-ethyl adjacent to an activating group) is 1. The molecule has 7 heteroatoms. The monoisotopic (exact) mass is 342 g/mol. The molecule has 1 aromatic rings. The van der Waals surface area contributed by atoms with E-state index in [0.717, 1.165) is 9.87 Å².